The van der Waals surface area contributed by atoms with E-state index in [0.717, 1.165) is 53.3 Å². The molecule has 2 N–H and O–H groups in total. The van der Waals surface area contributed by atoms with Gasteiger partial charge in [-0.2, -0.15) is 0 Å². The number of piperidine rings is 1. The molecular weight excluding hydrogens is 438 g/mol. The Balaban J connectivity index is 1.26. The highest BCUT2D eigenvalue weighted by Gasteiger charge is 2.28. The number of aryl methyl sites for hydroxylation is 1. The van der Waals surface area contributed by atoms with Crippen molar-refractivity contribution >= 4 is 45.3 Å². The molecule has 0 saturated carbocycles. The largest absolute Gasteiger partial charge is 0.361 e. The monoisotopic (exact) mass is 463 g/mol. The van der Waals surface area contributed by atoms with Gasteiger partial charge >= 0.3 is 0 Å². The van der Waals surface area contributed by atoms with Crippen molar-refractivity contribution in [1.29, 1.82) is 0 Å². The number of nitrogens with one attached hydrogen (secondary N) is 2. The number of carbonyl (C=O) groups excluding carboxylic acids is 1. The molecule has 0 spiro atoms. The molecule has 1 amide bonds. The first-order valence-corrected chi connectivity index (χ1v) is 11.6. The number of amides is 1. The number of aromatic amines is 1. The topological polar surface area (TPSA) is 83.0 Å². The number of rotatable bonds is 5. The summed E-state index contributed by atoms with van der Waals surface area (Å²) in [4.78, 5) is 35.7. The summed E-state index contributed by atoms with van der Waals surface area (Å²) in [6, 6.07) is 13.4. The van der Waals surface area contributed by atoms with E-state index in [-0.39, 0.29) is 17.4 Å². The van der Waals surface area contributed by atoms with Crippen LogP contribution in [0.5, 0.6) is 0 Å². The smallest absolute Gasteiger partial charge is 0.293 e. The third-order valence-electron chi connectivity index (χ3n) is 6.48. The molecule has 1 fully saturated rings. The molecule has 1 aliphatic heterocycles. The predicted molar refractivity (Wildman–Crippen MR) is 132 cm³/mol. The maximum atomic E-state index is 12.9. The number of hydrogen-bond donors (Lipinski definition) is 2. The summed E-state index contributed by atoms with van der Waals surface area (Å²) < 4.78 is 1.63. The van der Waals surface area contributed by atoms with E-state index >= 15 is 0 Å². The Morgan fingerprint density at radius 2 is 2.12 bits per heavy atom. The van der Waals surface area contributed by atoms with Gasteiger partial charge in [0.1, 0.15) is 0 Å². The van der Waals surface area contributed by atoms with Crippen molar-refractivity contribution in [3.8, 4) is 0 Å². The van der Waals surface area contributed by atoms with Gasteiger partial charge in [-0.3, -0.25) is 9.59 Å². The molecule has 170 valence electrons. The molecule has 1 aliphatic rings. The zero-order chi connectivity index (χ0) is 22.9. The first-order valence-electron chi connectivity index (χ1n) is 11.2. The number of aromatic nitrogens is 3. The molecular formula is C25H26ClN5O2. The van der Waals surface area contributed by atoms with Gasteiger partial charge in [0.25, 0.3) is 5.56 Å². The first-order chi connectivity index (χ1) is 16.0. The third kappa shape index (κ3) is 4.20. The second-order valence-corrected chi connectivity index (χ2v) is 9.05. The van der Waals surface area contributed by atoms with E-state index in [1.54, 1.807) is 11.6 Å². The Morgan fingerprint density at radius 3 is 3.00 bits per heavy atom. The second-order valence-electron chi connectivity index (χ2n) is 8.62. The van der Waals surface area contributed by atoms with Crippen LogP contribution < -0.4 is 15.8 Å². The number of nitrogens with zero attached hydrogens (tertiary/aromatic N) is 3. The van der Waals surface area contributed by atoms with E-state index in [1.807, 2.05) is 53.6 Å². The highest BCUT2D eigenvalue weighted by molar-refractivity contribution is 6.31. The summed E-state index contributed by atoms with van der Waals surface area (Å²) in [5, 5.41) is 4.86. The minimum atomic E-state index is -0.172. The Labute approximate surface area is 196 Å². The maximum absolute atomic E-state index is 12.9. The van der Waals surface area contributed by atoms with Gasteiger partial charge in [-0.1, -0.05) is 23.7 Å². The highest BCUT2D eigenvalue weighted by Crippen LogP contribution is 2.24. The summed E-state index contributed by atoms with van der Waals surface area (Å²) >= 11 is 6.13. The molecule has 3 heterocycles. The normalized spacial score (nSPS) is 16.4. The zero-order valence-electron chi connectivity index (χ0n) is 18.5. The summed E-state index contributed by atoms with van der Waals surface area (Å²) in [6.07, 6.45) is 4.33. The van der Waals surface area contributed by atoms with E-state index in [4.69, 9.17) is 11.6 Å². The molecule has 0 radical (unpaired) electrons. The fourth-order valence-electron chi connectivity index (χ4n) is 4.68. The number of H-pyrrole nitrogens is 1. The Bertz CT molecular complexity index is 1390. The van der Waals surface area contributed by atoms with Crippen LogP contribution >= 0.6 is 11.6 Å². The average molecular weight is 464 g/mol. The molecule has 1 atom stereocenters. The SMILES string of the molecule is Cn1c(=O)c(N2CCC[C@H](C(=O)NCCc3c[nH]c4ccc(Cl)cc34)C2)nc2ccccc21. The maximum Gasteiger partial charge on any atom is 0.293 e. The van der Waals surface area contributed by atoms with Gasteiger partial charge in [-0.05, 0) is 55.2 Å². The van der Waals surface area contributed by atoms with Crippen LogP contribution in [0.15, 0.2) is 53.5 Å². The van der Waals surface area contributed by atoms with Crippen LogP contribution in [0.25, 0.3) is 21.9 Å². The predicted octanol–water partition coefficient (Wildman–Crippen LogP) is 3.64. The van der Waals surface area contributed by atoms with Crippen LogP contribution in [0.2, 0.25) is 5.02 Å². The Kier molecular flexibility index (Phi) is 5.81. The standard InChI is InChI=1S/C25H26ClN5O2/c1-30-22-7-3-2-6-21(22)29-23(25(30)33)31-12-4-5-17(15-31)24(32)27-11-10-16-14-28-20-9-8-18(26)13-19(16)20/h2-3,6-9,13-14,17,28H,4-5,10-12,15H2,1H3,(H,27,32)/t17-/m0/s1. The van der Waals surface area contributed by atoms with Crippen molar-refractivity contribution in [2.24, 2.45) is 13.0 Å². The second kappa shape index (κ2) is 8.90. The fraction of sp³-hybridized carbons (Fsp3) is 0.320. The van der Waals surface area contributed by atoms with E-state index in [2.05, 4.69) is 15.3 Å². The number of hydrogen-bond acceptors (Lipinski definition) is 4. The van der Waals surface area contributed by atoms with Crippen molar-refractivity contribution < 1.29 is 4.79 Å². The van der Waals surface area contributed by atoms with Crippen molar-refractivity contribution in [1.82, 2.24) is 19.9 Å². The van der Waals surface area contributed by atoms with E-state index in [9.17, 15) is 9.59 Å². The van der Waals surface area contributed by atoms with Gasteiger partial charge in [0.2, 0.25) is 5.91 Å². The number of benzene rings is 2. The Hall–Kier alpha value is -3.32. The van der Waals surface area contributed by atoms with Crippen molar-refractivity contribution in [3.05, 3.63) is 69.6 Å². The van der Waals surface area contributed by atoms with Crippen LogP contribution in [0, 0.1) is 5.92 Å². The Morgan fingerprint density at radius 1 is 1.27 bits per heavy atom. The lowest BCUT2D eigenvalue weighted by Crippen LogP contribution is -2.45. The minimum absolute atomic E-state index is 0.0233. The van der Waals surface area contributed by atoms with Crippen LogP contribution in [0.1, 0.15) is 18.4 Å². The van der Waals surface area contributed by atoms with Crippen LogP contribution in [-0.2, 0) is 18.3 Å². The third-order valence-corrected chi connectivity index (χ3v) is 6.72. The first kappa shape index (κ1) is 21.5. The van der Waals surface area contributed by atoms with Gasteiger partial charge in [0, 0.05) is 48.8 Å². The van der Waals surface area contributed by atoms with Crippen molar-refractivity contribution in [2.45, 2.75) is 19.3 Å². The quantitative estimate of drug-likeness (QED) is 0.473. The lowest BCUT2D eigenvalue weighted by Gasteiger charge is -2.32. The molecule has 33 heavy (non-hydrogen) atoms. The van der Waals surface area contributed by atoms with Crippen LogP contribution in [-0.4, -0.2) is 40.1 Å². The number of fused-ring (bicyclic) bond motifs is 2. The zero-order valence-corrected chi connectivity index (χ0v) is 19.2. The lowest BCUT2D eigenvalue weighted by molar-refractivity contribution is -0.125. The van der Waals surface area contributed by atoms with Gasteiger partial charge in [-0.15, -0.1) is 0 Å². The van der Waals surface area contributed by atoms with Crippen molar-refractivity contribution in [3.63, 3.8) is 0 Å². The summed E-state index contributed by atoms with van der Waals surface area (Å²) in [5.74, 6) is 0.272. The molecule has 7 nitrogen and oxygen atoms in total. The van der Waals surface area contributed by atoms with E-state index in [0.29, 0.717) is 23.9 Å². The van der Waals surface area contributed by atoms with Gasteiger partial charge in [0.05, 0.1) is 17.0 Å². The molecule has 8 heteroatoms. The molecule has 2 aromatic heterocycles. The minimum Gasteiger partial charge on any atom is -0.361 e. The van der Waals surface area contributed by atoms with Gasteiger partial charge < -0.3 is 19.8 Å². The summed E-state index contributed by atoms with van der Waals surface area (Å²) in [5.41, 5.74) is 3.61. The number of anilines is 1. The van der Waals surface area contributed by atoms with Crippen molar-refractivity contribution in [2.75, 3.05) is 24.5 Å². The van der Waals surface area contributed by atoms with Crippen LogP contribution in [0.3, 0.4) is 0 Å². The number of halogens is 1. The highest BCUT2D eigenvalue weighted by atomic mass is 35.5. The van der Waals surface area contributed by atoms with E-state index in [1.165, 1.54) is 0 Å². The molecule has 1 saturated heterocycles. The fourth-order valence-corrected chi connectivity index (χ4v) is 4.85. The lowest BCUT2D eigenvalue weighted by atomic mass is 9.97. The molecule has 2 aromatic carbocycles. The molecule has 0 unspecified atom stereocenters. The van der Waals surface area contributed by atoms with Gasteiger partial charge in [0.15, 0.2) is 5.82 Å². The molecule has 4 aromatic rings. The van der Waals surface area contributed by atoms with E-state index < -0.39 is 0 Å². The molecule has 0 aliphatic carbocycles. The van der Waals surface area contributed by atoms with Gasteiger partial charge in [-0.25, -0.2) is 4.98 Å². The molecule has 0 bridgehead atoms. The summed E-state index contributed by atoms with van der Waals surface area (Å²) in [7, 11) is 1.77. The number of para-hydroxylation sites is 2. The summed E-state index contributed by atoms with van der Waals surface area (Å²) in [6.45, 7) is 1.76. The average Bonchev–Trinajstić information content (AvgIpc) is 3.23. The van der Waals surface area contributed by atoms with Crippen LogP contribution in [0.4, 0.5) is 5.82 Å². The number of carbonyl (C=O) groups is 1. The molecule has 5 rings (SSSR count).